The van der Waals surface area contributed by atoms with Crippen LogP contribution in [-0.4, -0.2) is 15.2 Å². The second-order valence-corrected chi connectivity index (χ2v) is 6.59. The summed E-state index contributed by atoms with van der Waals surface area (Å²) in [6.45, 7) is 4.06. The van der Waals surface area contributed by atoms with Gasteiger partial charge in [-0.3, -0.25) is 9.00 Å². The quantitative estimate of drug-likeness (QED) is 0.824. The predicted octanol–water partition coefficient (Wildman–Crippen LogP) is 3.56. The molecule has 1 aromatic rings. The molecule has 0 fully saturated rings. The molecule has 0 N–H and O–H groups in total. The first kappa shape index (κ1) is 14.2. The van der Waals surface area contributed by atoms with Gasteiger partial charge in [-0.15, -0.1) is 0 Å². The smallest absolute Gasteiger partial charge is 0.174 e. The van der Waals surface area contributed by atoms with Gasteiger partial charge in [0, 0.05) is 4.90 Å². The molecule has 2 atom stereocenters. The molecule has 0 spiro atoms. The van der Waals surface area contributed by atoms with Crippen LogP contribution in [0, 0.1) is 6.92 Å². The van der Waals surface area contributed by atoms with E-state index >= 15 is 0 Å². The summed E-state index contributed by atoms with van der Waals surface area (Å²) in [6, 6.07) is 7.61. The summed E-state index contributed by atoms with van der Waals surface area (Å²) >= 11 is 0. The molecule has 19 heavy (non-hydrogen) atoms. The van der Waals surface area contributed by atoms with E-state index in [1.54, 1.807) is 0 Å². The van der Waals surface area contributed by atoms with Gasteiger partial charge in [-0.05, 0) is 43.4 Å². The lowest BCUT2D eigenvalue weighted by Gasteiger charge is -2.11. The SMILES string of the molecule is CCCCC1=CC[C@H](S(=O)c2ccccc2C)C1=O. The van der Waals surface area contributed by atoms with E-state index in [4.69, 9.17) is 0 Å². The van der Waals surface area contributed by atoms with Crippen LogP contribution in [0.5, 0.6) is 0 Å². The van der Waals surface area contributed by atoms with Crippen LogP contribution >= 0.6 is 0 Å². The Morgan fingerprint density at radius 3 is 2.74 bits per heavy atom. The molecule has 3 heteroatoms. The summed E-state index contributed by atoms with van der Waals surface area (Å²) in [6.07, 6.45) is 5.55. The van der Waals surface area contributed by atoms with E-state index in [1.807, 2.05) is 37.3 Å². The second-order valence-electron chi connectivity index (χ2n) is 4.98. The highest BCUT2D eigenvalue weighted by Crippen LogP contribution is 2.27. The molecule has 0 bridgehead atoms. The Labute approximate surface area is 117 Å². The largest absolute Gasteiger partial charge is 0.293 e. The molecule has 0 amide bonds. The Kier molecular flexibility index (Phi) is 4.70. The minimum Gasteiger partial charge on any atom is -0.293 e. The monoisotopic (exact) mass is 276 g/mol. The van der Waals surface area contributed by atoms with Gasteiger partial charge in [0.25, 0.3) is 0 Å². The van der Waals surface area contributed by atoms with Crippen molar-refractivity contribution in [1.29, 1.82) is 0 Å². The first-order valence-corrected chi connectivity index (χ1v) is 8.06. The molecule has 0 aromatic heterocycles. The number of carbonyl (C=O) groups is 1. The summed E-state index contributed by atoms with van der Waals surface area (Å²) in [5.41, 5.74) is 1.88. The van der Waals surface area contributed by atoms with Crippen molar-refractivity contribution in [3.8, 4) is 0 Å². The van der Waals surface area contributed by atoms with Crippen molar-refractivity contribution < 1.29 is 9.00 Å². The predicted molar refractivity (Wildman–Crippen MR) is 78.6 cm³/mol. The first-order chi connectivity index (χ1) is 9.15. The fourth-order valence-corrected chi connectivity index (χ4v) is 3.90. The van der Waals surface area contributed by atoms with E-state index in [-0.39, 0.29) is 11.0 Å². The van der Waals surface area contributed by atoms with Crippen LogP contribution < -0.4 is 0 Å². The summed E-state index contributed by atoms with van der Waals surface area (Å²) in [7, 11) is -1.23. The lowest BCUT2D eigenvalue weighted by atomic mass is 10.1. The van der Waals surface area contributed by atoms with Crippen molar-refractivity contribution in [2.45, 2.75) is 49.7 Å². The first-order valence-electron chi connectivity index (χ1n) is 6.84. The maximum Gasteiger partial charge on any atom is 0.174 e. The number of unbranched alkanes of at least 4 members (excludes halogenated alkanes) is 1. The van der Waals surface area contributed by atoms with Gasteiger partial charge in [0.05, 0.1) is 10.8 Å². The average Bonchev–Trinajstić information content (AvgIpc) is 2.77. The van der Waals surface area contributed by atoms with E-state index in [2.05, 4.69) is 6.92 Å². The Morgan fingerprint density at radius 1 is 1.32 bits per heavy atom. The molecule has 2 rings (SSSR count). The summed E-state index contributed by atoms with van der Waals surface area (Å²) in [4.78, 5) is 13.1. The minimum absolute atomic E-state index is 0.0926. The van der Waals surface area contributed by atoms with Crippen LogP contribution in [0.2, 0.25) is 0 Å². The van der Waals surface area contributed by atoms with Gasteiger partial charge in [0.15, 0.2) is 5.78 Å². The van der Waals surface area contributed by atoms with Crippen LogP contribution in [-0.2, 0) is 15.6 Å². The molecule has 0 saturated carbocycles. The number of hydrogen-bond acceptors (Lipinski definition) is 2. The van der Waals surface area contributed by atoms with E-state index in [1.165, 1.54) is 0 Å². The molecule has 0 radical (unpaired) electrons. The van der Waals surface area contributed by atoms with Crippen LogP contribution in [0.4, 0.5) is 0 Å². The maximum atomic E-state index is 12.6. The van der Waals surface area contributed by atoms with Crippen molar-refractivity contribution in [1.82, 2.24) is 0 Å². The third-order valence-corrected chi connectivity index (χ3v) is 5.37. The Morgan fingerprint density at radius 2 is 2.05 bits per heavy atom. The lowest BCUT2D eigenvalue weighted by molar-refractivity contribution is -0.114. The van der Waals surface area contributed by atoms with E-state index < -0.39 is 10.8 Å². The molecular weight excluding hydrogens is 256 g/mol. The number of ketones is 1. The second kappa shape index (κ2) is 6.29. The number of Topliss-reactive ketones (excluding diaryl/α,β-unsaturated/α-hetero) is 1. The third-order valence-electron chi connectivity index (χ3n) is 3.56. The highest BCUT2D eigenvalue weighted by atomic mass is 32.2. The zero-order valence-electron chi connectivity index (χ0n) is 11.5. The number of rotatable bonds is 5. The van der Waals surface area contributed by atoms with Gasteiger partial charge in [-0.25, -0.2) is 0 Å². The van der Waals surface area contributed by atoms with E-state index in [9.17, 15) is 9.00 Å². The summed E-state index contributed by atoms with van der Waals surface area (Å²) < 4.78 is 12.6. The number of benzene rings is 1. The van der Waals surface area contributed by atoms with Crippen LogP contribution in [0.1, 0.15) is 38.2 Å². The van der Waals surface area contributed by atoms with Gasteiger partial charge in [-0.2, -0.15) is 0 Å². The van der Waals surface area contributed by atoms with Crippen molar-refractivity contribution >= 4 is 16.6 Å². The van der Waals surface area contributed by atoms with Gasteiger partial charge in [-0.1, -0.05) is 37.6 Å². The molecule has 1 aliphatic rings. The summed E-state index contributed by atoms with van der Waals surface area (Å²) in [5.74, 6) is 0.0926. The molecule has 1 aromatic carbocycles. The Balaban J connectivity index is 2.11. The molecule has 2 nitrogen and oxygen atoms in total. The zero-order valence-corrected chi connectivity index (χ0v) is 12.3. The fraction of sp³-hybridized carbons (Fsp3) is 0.438. The average molecular weight is 276 g/mol. The van der Waals surface area contributed by atoms with Crippen molar-refractivity contribution in [3.05, 3.63) is 41.5 Å². The fourth-order valence-electron chi connectivity index (χ4n) is 2.38. The normalized spacial score (nSPS) is 20.4. The van der Waals surface area contributed by atoms with Crippen LogP contribution in [0.15, 0.2) is 40.8 Å². The molecule has 102 valence electrons. The maximum absolute atomic E-state index is 12.6. The van der Waals surface area contributed by atoms with Crippen molar-refractivity contribution in [2.24, 2.45) is 0 Å². The van der Waals surface area contributed by atoms with Gasteiger partial charge in [0.1, 0.15) is 5.25 Å². The van der Waals surface area contributed by atoms with E-state index in [0.717, 1.165) is 35.3 Å². The standard InChI is InChI=1S/C16H20O2S/c1-3-4-8-13-10-11-15(16(13)17)19(18)14-9-6-5-7-12(14)2/h5-7,9-10,15H,3-4,8,11H2,1-2H3/t15-,19?/m0/s1. The number of hydrogen-bond donors (Lipinski definition) is 0. The third kappa shape index (κ3) is 3.03. The van der Waals surface area contributed by atoms with Crippen LogP contribution in [0.25, 0.3) is 0 Å². The van der Waals surface area contributed by atoms with Gasteiger partial charge >= 0.3 is 0 Å². The molecular formula is C16H20O2S. The molecule has 0 heterocycles. The summed E-state index contributed by atoms with van der Waals surface area (Å²) in [5, 5.41) is -0.368. The Hall–Kier alpha value is -1.22. The molecule has 1 unspecified atom stereocenters. The number of aryl methyl sites for hydroxylation is 1. The zero-order chi connectivity index (χ0) is 13.8. The van der Waals surface area contributed by atoms with Crippen molar-refractivity contribution in [2.75, 3.05) is 0 Å². The molecule has 1 aliphatic carbocycles. The minimum atomic E-state index is -1.23. The molecule has 0 saturated heterocycles. The lowest BCUT2D eigenvalue weighted by Crippen LogP contribution is -2.23. The number of carbonyl (C=O) groups excluding carboxylic acids is 1. The highest BCUT2D eigenvalue weighted by molar-refractivity contribution is 7.86. The van der Waals surface area contributed by atoms with Gasteiger partial charge in [0.2, 0.25) is 0 Å². The van der Waals surface area contributed by atoms with Crippen LogP contribution in [0.3, 0.4) is 0 Å². The van der Waals surface area contributed by atoms with Gasteiger partial charge < -0.3 is 0 Å². The topological polar surface area (TPSA) is 34.1 Å². The van der Waals surface area contributed by atoms with E-state index in [0.29, 0.717) is 6.42 Å². The van der Waals surface area contributed by atoms with Crippen molar-refractivity contribution in [3.63, 3.8) is 0 Å². The number of allylic oxidation sites excluding steroid dienone is 2. The Bertz CT molecular complexity index is 531. The highest BCUT2D eigenvalue weighted by Gasteiger charge is 2.32. The molecule has 0 aliphatic heterocycles.